The number of carbonyl (C=O) groups excluding carboxylic acids is 2. The van der Waals surface area contributed by atoms with Crippen molar-refractivity contribution in [2.45, 2.75) is 18.3 Å². The Morgan fingerprint density at radius 1 is 0.969 bits per heavy atom. The topological polar surface area (TPSA) is 89.5 Å². The summed E-state index contributed by atoms with van der Waals surface area (Å²) in [4.78, 5) is 26.0. The van der Waals surface area contributed by atoms with Crippen LogP contribution in [0.15, 0.2) is 47.5 Å². The van der Waals surface area contributed by atoms with Gasteiger partial charge in [-0.05, 0) is 22.8 Å². The molecule has 2 heterocycles. The van der Waals surface area contributed by atoms with Gasteiger partial charge in [-0.25, -0.2) is 9.59 Å². The molecule has 8 heteroatoms. The average Bonchev–Trinajstić information content (AvgIpc) is 3.35. The van der Waals surface area contributed by atoms with Gasteiger partial charge in [0, 0.05) is 18.7 Å². The predicted octanol–water partition coefficient (Wildman–Crippen LogP) is 2.82. The summed E-state index contributed by atoms with van der Waals surface area (Å²) in [5, 5.41) is 0. The summed E-state index contributed by atoms with van der Waals surface area (Å²) in [6, 6.07) is 10.9. The molecule has 4 rings (SSSR count). The Balaban J connectivity index is 2.15. The molecule has 0 spiro atoms. The summed E-state index contributed by atoms with van der Waals surface area (Å²) in [5.41, 5.74) is 1.42. The highest BCUT2D eigenvalue weighted by atomic mass is 16.6. The Hall–Kier alpha value is -3.36. The van der Waals surface area contributed by atoms with Crippen LogP contribution >= 0.6 is 0 Å². The molecule has 2 atom stereocenters. The van der Waals surface area contributed by atoms with E-state index in [-0.39, 0.29) is 17.8 Å². The van der Waals surface area contributed by atoms with Gasteiger partial charge in [0.2, 0.25) is 0 Å². The number of hydrogen-bond acceptors (Lipinski definition) is 8. The van der Waals surface area contributed by atoms with Crippen molar-refractivity contribution < 1.29 is 38.0 Å². The van der Waals surface area contributed by atoms with Gasteiger partial charge in [0.15, 0.2) is 5.60 Å². The van der Waals surface area contributed by atoms with Crippen molar-refractivity contribution in [1.82, 2.24) is 0 Å². The van der Waals surface area contributed by atoms with E-state index in [4.69, 9.17) is 28.4 Å². The van der Waals surface area contributed by atoms with E-state index < -0.39 is 23.6 Å². The van der Waals surface area contributed by atoms with E-state index in [9.17, 15) is 9.59 Å². The average molecular weight is 440 g/mol. The molecular formula is C24H24O8. The second-order valence-electron chi connectivity index (χ2n) is 7.33. The van der Waals surface area contributed by atoms with Gasteiger partial charge in [-0.15, -0.1) is 0 Å². The number of carbonyl (C=O) groups is 2. The van der Waals surface area contributed by atoms with Crippen molar-refractivity contribution in [3.8, 4) is 11.5 Å². The minimum Gasteiger partial charge on any atom is -0.497 e. The van der Waals surface area contributed by atoms with Crippen LogP contribution in [-0.4, -0.2) is 47.5 Å². The van der Waals surface area contributed by atoms with Gasteiger partial charge in [0.1, 0.15) is 17.6 Å². The minimum absolute atomic E-state index is 0.0661. The summed E-state index contributed by atoms with van der Waals surface area (Å²) < 4.78 is 33.3. The first-order valence-corrected chi connectivity index (χ1v) is 9.91. The van der Waals surface area contributed by atoms with Crippen LogP contribution in [0, 0.1) is 0 Å². The summed E-state index contributed by atoms with van der Waals surface area (Å²) in [6.45, 7) is 0.183. The van der Waals surface area contributed by atoms with Crippen molar-refractivity contribution in [3.63, 3.8) is 0 Å². The van der Waals surface area contributed by atoms with Crippen molar-refractivity contribution in [1.29, 1.82) is 0 Å². The fourth-order valence-corrected chi connectivity index (χ4v) is 4.67. The first-order valence-electron chi connectivity index (χ1n) is 9.91. The van der Waals surface area contributed by atoms with Gasteiger partial charge in [-0.1, -0.05) is 24.3 Å². The number of esters is 2. The third kappa shape index (κ3) is 2.91. The van der Waals surface area contributed by atoms with E-state index in [1.165, 1.54) is 21.3 Å². The van der Waals surface area contributed by atoms with E-state index in [1.54, 1.807) is 26.4 Å². The molecule has 32 heavy (non-hydrogen) atoms. The highest BCUT2D eigenvalue weighted by Crippen LogP contribution is 2.63. The largest absolute Gasteiger partial charge is 0.497 e. The van der Waals surface area contributed by atoms with Crippen LogP contribution in [0.5, 0.6) is 11.5 Å². The molecule has 0 saturated heterocycles. The third-order valence-electron chi connectivity index (χ3n) is 5.86. The zero-order chi connectivity index (χ0) is 23.0. The molecule has 0 unspecified atom stereocenters. The molecular weight excluding hydrogens is 416 g/mol. The van der Waals surface area contributed by atoms with Gasteiger partial charge in [-0.2, -0.15) is 0 Å². The van der Waals surface area contributed by atoms with E-state index in [1.807, 2.05) is 24.3 Å². The normalized spacial score (nSPS) is 20.7. The van der Waals surface area contributed by atoms with Crippen molar-refractivity contribution in [2.24, 2.45) is 0 Å². The molecule has 0 aliphatic carbocycles. The third-order valence-corrected chi connectivity index (χ3v) is 5.86. The zero-order valence-electron chi connectivity index (χ0n) is 18.5. The maximum Gasteiger partial charge on any atom is 0.338 e. The molecule has 168 valence electrons. The molecule has 2 aromatic carbocycles. The number of fused-ring (bicyclic) bond motifs is 5. The van der Waals surface area contributed by atoms with E-state index >= 15 is 0 Å². The molecule has 0 fully saturated rings. The maximum atomic E-state index is 13.2. The standard InChI is InChI=1S/C24H24O8/c1-27-12-13-10-14(28-2)11-17(29-3)19(13)24-16-9-7-6-8-15(16)21(32-24)18(22(25)30-4)20(24)23(26)31-5/h6-11,21H,12H2,1-5H3/t21-,24-/m1/s1. The van der Waals surface area contributed by atoms with Crippen molar-refractivity contribution >= 4 is 11.9 Å². The van der Waals surface area contributed by atoms with Gasteiger partial charge in [-0.3, -0.25) is 0 Å². The van der Waals surface area contributed by atoms with E-state index in [0.29, 0.717) is 22.6 Å². The molecule has 2 bridgehead atoms. The molecule has 0 radical (unpaired) electrons. The lowest BCUT2D eigenvalue weighted by molar-refractivity contribution is -0.139. The Morgan fingerprint density at radius 2 is 1.69 bits per heavy atom. The van der Waals surface area contributed by atoms with Crippen molar-refractivity contribution in [2.75, 3.05) is 35.5 Å². The number of rotatable bonds is 7. The summed E-state index contributed by atoms with van der Waals surface area (Å²) in [7, 11) is 7.15. The lowest BCUT2D eigenvalue weighted by Crippen LogP contribution is -2.35. The lowest BCUT2D eigenvalue weighted by Gasteiger charge is -2.33. The number of ether oxygens (including phenoxy) is 6. The van der Waals surface area contributed by atoms with Crippen molar-refractivity contribution in [3.05, 3.63) is 69.8 Å². The van der Waals surface area contributed by atoms with Crippen LogP contribution in [0.3, 0.4) is 0 Å². The van der Waals surface area contributed by atoms with Crippen LogP contribution in [0.1, 0.15) is 28.4 Å². The number of benzene rings is 2. The number of hydrogen-bond donors (Lipinski definition) is 0. The molecule has 0 amide bonds. The molecule has 2 aliphatic rings. The smallest absolute Gasteiger partial charge is 0.338 e. The highest BCUT2D eigenvalue weighted by molar-refractivity contribution is 6.06. The Bertz CT molecular complexity index is 1120. The van der Waals surface area contributed by atoms with E-state index in [2.05, 4.69) is 0 Å². The van der Waals surface area contributed by atoms with Gasteiger partial charge < -0.3 is 28.4 Å². The fourth-order valence-electron chi connectivity index (χ4n) is 4.67. The Morgan fingerprint density at radius 3 is 2.31 bits per heavy atom. The monoisotopic (exact) mass is 440 g/mol. The molecule has 2 aromatic rings. The van der Waals surface area contributed by atoms with E-state index in [0.717, 1.165) is 11.1 Å². The minimum atomic E-state index is -1.46. The van der Waals surface area contributed by atoms with Crippen LogP contribution in [-0.2, 0) is 40.7 Å². The maximum absolute atomic E-state index is 13.2. The second-order valence-corrected chi connectivity index (χ2v) is 7.33. The summed E-state index contributed by atoms with van der Waals surface area (Å²) in [6.07, 6.45) is -0.796. The number of methoxy groups -OCH3 is 5. The lowest BCUT2D eigenvalue weighted by atomic mass is 9.72. The van der Waals surface area contributed by atoms with Crippen LogP contribution in [0.25, 0.3) is 0 Å². The van der Waals surface area contributed by atoms with Gasteiger partial charge in [0.25, 0.3) is 0 Å². The quantitative estimate of drug-likeness (QED) is 0.608. The fraction of sp³-hybridized carbons (Fsp3) is 0.333. The molecule has 0 N–H and O–H groups in total. The summed E-state index contributed by atoms with van der Waals surface area (Å²) >= 11 is 0. The Labute approximate surface area is 185 Å². The molecule has 0 saturated carbocycles. The summed E-state index contributed by atoms with van der Waals surface area (Å²) in [5.74, 6) is -0.387. The van der Waals surface area contributed by atoms with Crippen LogP contribution < -0.4 is 9.47 Å². The SMILES string of the molecule is COCc1cc(OC)cc(OC)c1[C@@]12O[C@@H](C(C(=O)OC)=C1C(=O)OC)c1ccccc12. The highest BCUT2D eigenvalue weighted by Gasteiger charge is 2.63. The first kappa shape index (κ1) is 21.9. The van der Waals surface area contributed by atoms with Crippen LogP contribution in [0.4, 0.5) is 0 Å². The first-order chi connectivity index (χ1) is 15.5. The zero-order valence-corrected chi connectivity index (χ0v) is 18.5. The van der Waals surface area contributed by atoms with Crippen LogP contribution in [0.2, 0.25) is 0 Å². The molecule has 0 aromatic heterocycles. The predicted molar refractivity (Wildman–Crippen MR) is 112 cm³/mol. The molecule has 2 aliphatic heterocycles. The Kier molecular flexibility index (Phi) is 5.66. The second kappa shape index (κ2) is 8.29. The van der Waals surface area contributed by atoms with Gasteiger partial charge >= 0.3 is 11.9 Å². The molecule has 8 nitrogen and oxygen atoms in total. The van der Waals surface area contributed by atoms with Gasteiger partial charge in [0.05, 0.1) is 46.2 Å².